The molecule has 0 aliphatic rings. The van der Waals surface area contributed by atoms with Crippen LogP contribution in [0.1, 0.15) is 18.4 Å². The van der Waals surface area contributed by atoms with E-state index in [2.05, 4.69) is 14.6 Å². The lowest BCUT2D eigenvalue weighted by Crippen LogP contribution is -2.28. The van der Waals surface area contributed by atoms with Crippen molar-refractivity contribution in [3.05, 3.63) is 65.6 Å². The topological polar surface area (TPSA) is 59.2 Å². The van der Waals surface area contributed by atoms with E-state index in [-0.39, 0.29) is 23.4 Å². The predicted octanol–water partition coefficient (Wildman–Crippen LogP) is 4.59. The Balaban J connectivity index is 1.87. The van der Waals surface area contributed by atoms with Crippen LogP contribution < -0.4 is 4.90 Å². The lowest BCUT2D eigenvalue weighted by molar-refractivity contribution is -0.156. The Labute approximate surface area is 155 Å². The van der Waals surface area contributed by atoms with Crippen molar-refractivity contribution in [3.8, 4) is 11.5 Å². The number of benzene rings is 2. The second-order valence-electron chi connectivity index (χ2n) is 5.80. The van der Waals surface area contributed by atoms with Gasteiger partial charge in [0.15, 0.2) is 0 Å². The first kappa shape index (κ1) is 19.5. The molecule has 3 rings (SSSR count). The Morgan fingerprint density at radius 2 is 1.86 bits per heavy atom. The van der Waals surface area contributed by atoms with Gasteiger partial charge >= 0.3 is 12.1 Å². The standard InChI is InChI=1S/C18H12F5N3O2/c1-10(27)26(14-4-2-3-13(19)8-14)9-12-6-5-11(7-15(12)20)16-24-25-17(28-16)18(21,22)23/h2-8H,9H2,1H3. The van der Waals surface area contributed by atoms with Crippen molar-refractivity contribution in [1.29, 1.82) is 0 Å². The summed E-state index contributed by atoms with van der Waals surface area (Å²) in [5.41, 5.74) is 0.255. The van der Waals surface area contributed by atoms with Gasteiger partial charge in [0.1, 0.15) is 11.6 Å². The number of aromatic nitrogens is 2. The van der Waals surface area contributed by atoms with Gasteiger partial charge in [0.05, 0.1) is 6.54 Å². The maximum Gasteiger partial charge on any atom is 0.470 e. The summed E-state index contributed by atoms with van der Waals surface area (Å²) in [5, 5.41) is 6.14. The number of anilines is 1. The van der Waals surface area contributed by atoms with Crippen LogP contribution in [0.25, 0.3) is 11.5 Å². The predicted molar refractivity (Wildman–Crippen MR) is 88.0 cm³/mol. The molecule has 1 heterocycles. The van der Waals surface area contributed by atoms with Crippen molar-refractivity contribution in [2.24, 2.45) is 0 Å². The number of rotatable bonds is 4. The average Bonchev–Trinajstić information content (AvgIpc) is 3.11. The zero-order valence-electron chi connectivity index (χ0n) is 14.3. The molecule has 0 radical (unpaired) electrons. The molecule has 0 unspecified atom stereocenters. The summed E-state index contributed by atoms with van der Waals surface area (Å²) < 4.78 is 70.0. The first-order valence-corrected chi connectivity index (χ1v) is 7.88. The molecule has 1 amide bonds. The molecule has 0 aliphatic carbocycles. The minimum absolute atomic E-state index is 0.0515. The lowest BCUT2D eigenvalue weighted by Gasteiger charge is -2.21. The first-order valence-electron chi connectivity index (χ1n) is 7.88. The van der Waals surface area contributed by atoms with E-state index in [4.69, 9.17) is 0 Å². The summed E-state index contributed by atoms with van der Waals surface area (Å²) in [6.45, 7) is 1.04. The van der Waals surface area contributed by atoms with Crippen molar-refractivity contribution >= 4 is 11.6 Å². The van der Waals surface area contributed by atoms with Crippen LogP contribution in [0.5, 0.6) is 0 Å². The van der Waals surface area contributed by atoms with Gasteiger partial charge < -0.3 is 9.32 Å². The molecule has 0 bridgehead atoms. The molecule has 0 saturated heterocycles. The molecule has 0 N–H and O–H groups in total. The van der Waals surface area contributed by atoms with Crippen molar-refractivity contribution < 1.29 is 31.2 Å². The number of halogens is 5. The maximum absolute atomic E-state index is 14.5. The van der Waals surface area contributed by atoms with E-state index in [1.54, 1.807) is 0 Å². The highest BCUT2D eigenvalue weighted by molar-refractivity contribution is 5.91. The molecular formula is C18H12F5N3O2. The van der Waals surface area contributed by atoms with Gasteiger partial charge in [0.2, 0.25) is 11.8 Å². The highest BCUT2D eigenvalue weighted by Gasteiger charge is 2.38. The summed E-state index contributed by atoms with van der Waals surface area (Å²) in [7, 11) is 0. The molecule has 0 fully saturated rings. The van der Waals surface area contributed by atoms with Crippen LogP contribution in [-0.2, 0) is 17.5 Å². The van der Waals surface area contributed by atoms with Crippen molar-refractivity contribution in [2.75, 3.05) is 4.90 Å². The van der Waals surface area contributed by atoms with E-state index >= 15 is 0 Å². The molecule has 1 aromatic heterocycles. The fraction of sp³-hybridized carbons (Fsp3) is 0.167. The SMILES string of the molecule is CC(=O)N(Cc1ccc(-c2nnc(C(F)(F)F)o2)cc1F)c1cccc(F)c1. The third-order valence-electron chi connectivity index (χ3n) is 3.80. The summed E-state index contributed by atoms with van der Waals surface area (Å²) in [6.07, 6.45) is -4.81. The summed E-state index contributed by atoms with van der Waals surface area (Å²) in [5.74, 6) is -3.84. The summed E-state index contributed by atoms with van der Waals surface area (Å²) >= 11 is 0. The Morgan fingerprint density at radius 3 is 2.43 bits per heavy atom. The second-order valence-corrected chi connectivity index (χ2v) is 5.80. The van der Waals surface area contributed by atoms with E-state index in [1.807, 2.05) is 0 Å². The van der Waals surface area contributed by atoms with Gasteiger partial charge in [-0.05, 0) is 30.3 Å². The van der Waals surface area contributed by atoms with Crippen LogP contribution in [-0.4, -0.2) is 16.1 Å². The number of hydrogen-bond donors (Lipinski definition) is 0. The normalized spacial score (nSPS) is 11.5. The monoisotopic (exact) mass is 397 g/mol. The number of carbonyl (C=O) groups is 1. The molecule has 2 aromatic carbocycles. The van der Waals surface area contributed by atoms with Crippen molar-refractivity contribution in [3.63, 3.8) is 0 Å². The molecule has 0 aliphatic heterocycles. The number of alkyl halides is 3. The highest BCUT2D eigenvalue weighted by Crippen LogP contribution is 2.31. The van der Waals surface area contributed by atoms with Crippen molar-refractivity contribution in [1.82, 2.24) is 10.2 Å². The van der Waals surface area contributed by atoms with Gasteiger partial charge in [-0.1, -0.05) is 12.1 Å². The van der Waals surface area contributed by atoms with Gasteiger partial charge in [0.25, 0.3) is 0 Å². The third kappa shape index (κ3) is 4.16. The average molecular weight is 397 g/mol. The molecular weight excluding hydrogens is 385 g/mol. The minimum Gasteiger partial charge on any atom is -0.413 e. The maximum atomic E-state index is 14.5. The molecule has 3 aromatic rings. The van der Waals surface area contributed by atoms with Crippen LogP contribution in [0.15, 0.2) is 46.9 Å². The van der Waals surface area contributed by atoms with E-state index in [0.29, 0.717) is 0 Å². The molecule has 28 heavy (non-hydrogen) atoms. The molecule has 5 nitrogen and oxygen atoms in total. The van der Waals surface area contributed by atoms with Crippen molar-refractivity contribution in [2.45, 2.75) is 19.6 Å². The number of amides is 1. The molecule has 146 valence electrons. The van der Waals surface area contributed by atoms with Gasteiger partial charge in [-0.3, -0.25) is 4.79 Å². The fourth-order valence-electron chi connectivity index (χ4n) is 2.46. The third-order valence-corrected chi connectivity index (χ3v) is 3.80. The first-order chi connectivity index (χ1) is 13.1. The number of nitrogens with zero attached hydrogens (tertiary/aromatic N) is 3. The van der Waals surface area contributed by atoms with Gasteiger partial charge in [-0.2, -0.15) is 13.2 Å². The van der Waals surface area contributed by atoms with Gasteiger partial charge in [-0.15, -0.1) is 10.2 Å². The Hall–Kier alpha value is -3.30. The van der Waals surface area contributed by atoms with Gasteiger partial charge in [-0.25, -0.2) is 8.78 Å². The summed E-state index contributed by atoms with van der Waals surface area (Å²) in [6, 6.07) is 8.73. The van der Waals surface area contributed by atoms with E-state index in [0.717, 1.165) is 17.0 Å². The Bertz CT molecular complexity index is 1020. The van der Waals surface area contributed by atoms with Crippen LogP contribution >= 0.6 is 0 Å². The lowest BCUT2D eigenvalue weighted by atomic mass is 10.1. The number of hydrogen-bond acceptors (Lipinski definition) is 4. The molecule has 0 atom stereocenters. The minimum atomic E-state index is -4.81. The van der Waals surface area contributed by atoms with E-state index < -0.39 is 35.5 Å². The zero-order valence-corrected chi connectivity index (χ0v) is 14.3. The fourth-order valence-corrected chi connectivity index (χ4v) is 2.46. The quantitative estimate of drug-likeness (QED) is 0.605. The van der Waals surface area contributed by atoms with Gasteiger partial charge in [0, 0.05) is 23.7 Å². The smallest absolute Gasteiger partial charge is 0.413 e. The molecule has 0 spiro atoms. The van der Waals surface area contributed by atoms with Crippen LogP contribution in [0, 0.1) is 11.6 Å². The Morgan fingerprint density at radius 1 is 1.11 bits per heavy atom. The second kappa shape index (κ2) is 7.37. The largest absolute Gasteiger partial charge is 0.470 e. The van der Waals surface area contributed by atoms with Crippen LogP contribution in [0.3, 0.4) is 0 Å². The zero-order chi connectivity index (χ0) is 20.5. The molecule has 10 heteroatoms. The molecule has 0 saturated carbocycles. The number of carbonyl (C=O) groups excluding carboxylic acids is 1. The van der Waals surface area contributed by atoms with Crippen LogP contribution in [0.2, 0.25) is 0 Å². The highest BCUT2D eigenvalue weighted by atomic mass is 19.4. The van der Waals surface area contributed by atoms with E-state index in [9.17, 15) is 26.7 Å². The summed E-state index contributed by atoms with van der Waals surface area (Å²) in [4.78, 5) is 13.1. The van der Waals surface area contributed by atoms with E-state index in [1.165, 1.54) is 37.3 Å². The van der Waals surface area contributed by atoms with Crippen LogP contribution in [0.4, 0.5) is 27.6 Å². The Kier molecular flexibility index (Phi) is 5.12.